The number of hydrogen-bond acceptors (Lipinski definition) is 4. The number of halogens is 1. The Balaban J connectivity index is 1.81. The molecule has 2 heterocycles. The molecule has 2 aliphatic rings. The van der Waals surface area contributed by atoms with Gasteiger partial charge in [-0.15, -0.1) is 0 Å². The minimum Gasteiger partial charge on any atom is -0.351 e. The van der Waals surface area contributed by atoms with Crippen LogP contribution in [-0.4, -0.2) is 17.9 Å². The molecule has 0 unspecified atom stereocenters. The second kappa shape index (κ2) is 7.79. The van der Waals surface area contributed by atoms with Gasteiger partial charge in [0.05, 0.1) is 18.2 Å². The van der Waals surface area contributed by atoms with Gasteiger partial charge in [-0.25, -0.2) is 0 Å². The lowest BCUT2D eigenvalue weighted by molar-refractivity contribution is 0.0951. The van der Waals surface area contributed by atoms with Crippen molar-refractivity contribution in [2.75, 3.05) is 4.90 Å². The molecule has 0 aliphatic carbocycles. The number of rotatable bonds is 3. The second-order valence-electron chi connectivity index (χ2n) is 8.04. The van der Waals surface area contributed by atoms with Crippen LogP contribution in [0.1, 0.15) is 27.4 Å². The van der Waals surface area contributed by atoms with Crippen molar-refractivity contribution < 1.29 is 4.79 Å². The first-order chi connectivity index (χ1) is 15.6. The number of anilines is 1. The van der Waals surface area contributed by atoms with Gasteiger partial charge in [-0.3, -0.25) is 4.79 Å². The minimum absolute atomic E-state index is 0.103. The van der Waals surface area contributed by atoms with Crippen LogP contribution >= 0.6 is 15.9 Å². The first kappa shape index (κ1) is 20.2. The van der Waals surface area contributed by atoms with E-state index in [0.717, 1.165) is 21.3 Å². The third-order valence-corrected chi connectivity index (χ3v) is 7.20. The number of fused-ring (bicyclic) bond motifs is 3. The lowest BCUT2D eigenvalue weighted by Gasteiger charge is -2.35. The van der Waals surface area contributed by atoms with Gasteiger partial charge in [0, 0.05) is 21.6 Å². The highest BCUT2D eigenvalue weighted by atomic mass is 79.9. The first-order valence-corrected chi connectivity index (χ1v) is 11.1. The Morgan fingerprint density at radius 2 is 1.56 bits per heavy atom. The van der Waals surface area contributed by atoms with E-state index in [1.54, 1.807) is 12.1 Å². The molecular weight excluding hydrogens is 462 g/mol. The standard InChI is InChI=1S/C27H18BrN3O/c28-21-12-6-5-11-20(21)24-25(26(32)19-9-2-1-3-10-19)31-22-13-7-4-8-18(22)14-15-23(31)27(24,16-29)17-30/h1-15,23-25H/t23-,24+,25-/m0/s1. The summed E-state index contributed by atoms with van der Waals surface area (Å²) in [6.45, 7) is 0. The van der Waals surface area contributed by atoms with Gasteiger partial charge in [0.15, 0.2) is 11.2 Å². The van der Waals surface area contributed by atoms with Crippen LogP contribution in [0.25, 0.3) is 6.08 Å². The molecular formula is C27H18BrN3O. The summed E-state index contributed by atoms with van der Waals surface area (Å²) in [4.78, 5) is 16.0. The highest BCUT2D eigenvalue weighted by molar-refractivity contribution is 9.10. The smallest absolute Gasteiger partial charge is 0.185 e. The Hall–Kier alpha value is -3.67. The van der Waals surface area contributed by atoms with Crippen LogP contribution in [0.4, 0.5) is 5.69 Å². The summed E-state index contributed by atoms with van der Waals surface area (Å²) in [7, 11) is 0. The number of hydrogen-bond donors (Lipinski definition) is 0. The van der Waals surface area contributed by atoms with Crippen LogP contribution < -0.4 is 4.90 Å². The van der Waals surface area contributed by atoms with Crippen molar-refractivity contribution in [2.45, 2.75) is 18.0 Å². The summed E-state index contributed by atoms with van der Waals surface area (Å²) in [5.41, 5.74) is 1.73. The maximum atomic E-state index is 14.0. The zero-order chi connectivity index (χ0) is 22.3. The van der Waals surface area contributed by atoms with E-state index in [1.165, 1.54) is 0 Å². The van der Waals surface area contributed by atoms with E-state index >= 15 is 0 Å². The van der Waals surface area contributed by atoms with Crippen LogP contribution in [0, 0.1) is 28.1 Å². The topological polar surface area (TPSA) is 67.9 Å². The lowest BCUT2D eigenvalue weighted by atomic mass is 9.69. The number of ketones is 1. The summed E-state index contributed by atoms with van der Waals surface area (Å²) < 4.78 is 0.780. The SMILES string of the molecule is N#CC1(C#N)[C@H](c2ccccc2Br)[C@@H](C(=O)c2ccccc2)N2c3ccccc3C=C[C@H]21. The van der Waals surface area contributed by atoms with Crippen LogP contribution in [0.3, 0.4) is 0 Å². The Kier molecular flexibility index (Phi) is 4.93. The summed E-state index contributed by atoms with van der Waals surface area (Å²) in [5, 5.41) is 20.9. The third-order valence-electron chi connectivity index (χ3n) is 6.48. The van der Waals surface area contributed by atoms with E-state index in [4.69, 9.17) is 0 Å². The molecule has 0 amide bonds. The number of carbonyl (C=O) groups excluding carboxylic acids is 1. The zero-order valence-electron chi connectivity index (χ0n) is 17.0. The molecule has 0 saturated carbocycles. The second-order valence-corrected chi connectivity index (χ2v) is 8.89. The number of para-hydroxylation sites is 1. The number of carbonyl (C=O) groups is 1. The molecule has 154 valence electrons. The third kappa shape index (κ3) is 2.83. The molecule has 3 atom stereocenters. The molecule has 0 bridgehead atoms. The molecule has 0 spiro atoms. The van der Waals surface area contributed by atoms with Gasteiger partial charge in [0.2, 0.25) is 0 Å². The van der Waals surface area contributed by atoms with E-state index in [9.17, 15) is 15.3 Å². The fourth-order valence-corrected chi connectivity index (χ4v) is 5.61. The molecule has 3 aromatic rings. The highest BCUT2D eigenvalue weighted by Crippen LogP contribution is 2.56. The van der Waals surface area contributed by atoms with Crippen molar-refractivity contribution in [2.24, 2.45) is 5.41 Å². The lowest BCUT2D eigenvalue weighted by Crippen LogP contribution is -2.44. The number of nitrogens with zero attached hydrogens (tertiary/aromatic N) is 3. The minimum atomic E-state index is -1.44. The Morgan fingerprint density at radius 1 is 0.906 bits per heavy atom. The molecule has 1 saturated heterocycles. The number of benzene rings is 3. The van der Waals surface area contributed by atoms with E-state index in [0.29, 0.717) is 5.56 Å². The highest BCUT2D eigenvalue weighted by Gasteiger charge is 2.63. The van der Waals surface area contributed by atoms with E-state index in [-0.39, 0.29) is 5.78 Å². The molecule has 1 fully saturated rings. The summed E-state index contributed by atoms with van der Waals surface area (Å²) in [6, 6.07) is 27.9. The van der Waals surface area contributed by atoms with Gasteiger partial charge < -0.3 is 4.90 Å². The molecule has 0 radical (unpaired) electrons. The molecule has 5 heteroatoms. The van der Waals surface area contributed by atoms with Gasteiger partial charge in [-0.05, 0) is 23.3 Å². The van der Waals surface area contributed by atoms with Crippen molar-refractivity contribution >= 4 is 33.5 Å². The zero-order valence-corrected chi connectivity index (χ0v) is 18.6. The van der Waals surface area contributed by atoms with E-state index in [2.05, 4.69) is 28.1 Å². The monoisotopic (exact) mass is 479 g/mol. The Morgan fingerprint density at radius 3 is 2.28 bits per heavy atom. The first-order valence-electron chi connectivity index (χ1n) is 10.3. The molecule has 3 aromatic carbocycles. The largest absolute Gasteiger partial charge is 0.351 e. The Bertz CT molecular complexity index is 1300. The normalized spacial score (nSPS) is 22.3. The van der Waals surface area contributed by atoms with Gasteiger partial charge >= 0.3 is 0 Å². The van der Waals surface area contributed by atoms with Gasteiger partial charge in [-0.2, -0.15) is 10.5 Å². The molecule has 5 rings (SSSR count). The summed E-state index contributed by atoms with van der Waals surface area (Å²) >= 11 is 3.61. The number of nitriles is 2. The maximum absolute atomic E-state index is 14.0. The molecule has 0 N–H and O–H groups in total. The molecule has 2 aliphatic heterocycles. The average molecular weight is 480 g/mol. The van der Waals surface area contributed by atoms with Crippen LogP contribution in [0.2, 0.25) is 0 Å². The van der Waals surface area contributed by atoms with Crippen LogP contribution in [-0.2, 0) is 0 Å². The summed E-state index contributed by atoms with van der Waals surface area (Å²) in [5.74, 6) is -0.754. The van der Waals surface area contributed by atoms with E-state index < -0.39 is 23.4 Å². The van der Waals surface area contributed by atoms with Gasteiger partial charge in [-0.1, -0.05) is 94.8 Å². The number of Topliss-reactive ketones (excluding diaryl/α,β-unsaturated/α-hetero) is 1. The van der Waals surface area contributed by atoms with Crippen LogP contribution in [0.15, 0.2) is 89.4 Å². The maximum Gasteiger partial charge on any atom is 0.185 e. The predicted molar refractivity (Wildman–Crippen MR) is 127 cm³/mol. The predicted octanol–water partition coefficient (Wildman–Crippen LogP) is 5.73. The van der Waals surface area contributed by atoms with Crippen molar-refractivity contribution in [1.29, 1.82) is 10.5 Å². The quantitative estimate of drug-likeness (QED) is 0.449. The van der Waals surface area contributed by atoms with Crippen molar-refractivity contribution in [3.63, 3.8) is 0 Å². The molecule has 4 nitrogen and oxygen atoms in total. The fourth-order valence-electron chi connectivity index (χ4n) is 5.08. The van der Waals surface area contributed by atoms with Crippen LogP contribution in [0.5, 0.6) is 0 Å². The van der Waals surface area contributed by atoms with Crippen molar-refractivity contribution in [1.82, 2.24) is 0 Å². The van der Waals surface area contributed by atoms with Gasteiger partial charge in [0.1, 0.15) is 6.04 Å². The molecule has 0 aromatic heterocycles. The molecule has 32 heavy (non-hydrogen) atoms. The van der Waals surface area contributed by atoms with Gasteiger partial charge in [0.25, 0.3) is 0 Å². The van der Waals surface area contributed by atoms with Crippen molar-refractivity contribution in [3.05, 3.63) is 106 Å². The van der Waals surface area contributed by atoms with Crippen molar-refractivity contribution in [3.8, 4) is 12.1 Å². The van der Waals surface area contributed by atoms with E-state index in [1.807, 2.05) is 83.8 Å². The average Bonchev–Trinajstić information content (AvgIpc) is 3.15. The summed E-state index contributed by atoms with van der Waals surface area (Å²) in [6.07, 6.45) is 3.85. The Labute approximate surface area is 195 Å². The fraction of sp³-hybridized carbons (Fsp3) is 0.148.